The van der Waals surface area contributed by atoms with Gasteiger partial charge in [-0.2, -0.15) is 0 Å². The summed E-state index contributed by atoms with van der Waals surface area (Å²) in [5.41, 5.74) is 0.701. The molecule has 2 rings (SSSR count). The maximum Gasteiger partial charge on any atom is 0.262 e. The molecule has 0 aliphatic rings. The smallest absolute Gasteiger partial charge is 0.262 e. The van der Waals surface area contributed by atoms with Gasteiger partial charge in [0.15, 0.2) is 6.61 Å². The third-order valence-electron chi connectivity index (χ3n) is 2.61. The monoisotopic (exact) mass is 325 g/mol. The lowest BCUT2D eigenvalue weighted by molar-refractivity contribution is -0.118. The first kappa shape index (κ1) is 15.7. The van der Waals surface area contributed by atoms with Gasteiger partial charge < -0.3 is 10.1 Å². The maximum absolute atomic E-state index is 13.0. The minimum atomic E-state index is -0.526. The van der Waals surface area contributed by atoms with Crippen LogP contribution >= 0.6 is 23.4 Å². The van der Waals surface area contributed by atoms with Crippen LogP contribution in [0.1, 0.15) is 0 Å². The van der Waals surface area contributed by atoms with Crippen LogP contribution in [0.15, 0.2) is 47.4 Å². The second-order valence-electron chi connectivity index (χ2n) is 4.14. The van der Waals surface area contributed by atoms with Crippen LogP contribution in [0.2, 0.25) is 5.02 Å². The van der Waals surface area contributed by atoms with Crippen molar-refractivity contribution in [1.82, 2.24) is 0 Å². The first-order chi connectivity index (χ1) is 10.1. The zero-order valence-corrected chi connectivity index (χ0v) is 12.8. The van der Waals surface area contributed by atoms with Crippen LogP contribution in [0.4, 0.5) is 10.1 Å². The average Bonchev–Trinajstić information content (AvgIpc) is 2.48. The molecule has 21 heavy (non-hydrogen) atoms. The standard InChI is InChI=1S/C15H13ClFNO2S/c1-21-12-4-2-3-10(7-12)18-15(19)9-20-11-5-6-14(17)13(16)8-11/h2-8H,9H2,1H3,(H,18,19). The van der Waals surface area contributed by atoms with Gasteiger partial charge >= 0.3 is 0 Å². The zero-order valence-electron chi connectivity index (χ0n) is 11.2. The van der Waals surface area contributed by atoms with E-state index >= 15 is 0 Å². The molecule has 0 aromatic heterocycles. The van der Waals surface area contributed by atoms with Gasteiger partial charge in [0, 0.05) is 16.6 Å². The van der Waals surface area contributed by atoms with E-state index in [9.17, 15) is 9.18 Å². The SMILES string of the molecule is CSc1cccc(NC(=O)COc2ccc(F)c(Cl)c2)c1. The maximum atomic E-state index is 13.0. The second-order valence-corrected chi connectivity index (χ2v) is 5.43. The van der Waals surface area contributed by atoms with Crippen LogP contribution in [-0.4, -0.2) is 18.8 Å². The number of ether oxygens (including phenoxy) is 1. The number of thioether (sulfide) groups is 1. The van der Waals surface area contributed by atoms with Gasteiger partial charge in [0.25, 0.3) is 5.91 Å². The van der Waals surface area contributed by atoms with Crippen molar-refractivity contribution in [2.75, 3.05) is 18.2 Å². The molecule has 110 valence electrons. The first-order valence-corrected chi connectivity index (χ1v) is 7.70. The zero-order chi connectivity index (χ0) is 15.2. The Bertz CT molecular complexity index is 651. The number of nitrogens with one attached hydrogen (secondary N) is 1. The summed E-state index contributed by atoms with van der Waals surface area (Å²) in [7, 11) is 0. The predicted octanol–water partition coefficient (Wildman–Crippen LogP) is 4.22. The van der Waals surface area contributed by atoms with Crippen molar-refractivity contribution in [2.24, 2.45) is 0 Å². The molecule has 0 fully saturated rings. The van der Waals surface area contributed by atoms with Crippen LogP contribution in [-0.2, 0) is 4.79 Å². The molecule has 2 aromatic carbocycles. The molecular formula is C15H13ClFNO2S. The molecule has 6 heteroatoms. The van der Waals surface area contributed by atoms with Crippen LogP contribution in [0, 0.1) is 5.82 Å². The molecule has 0 atom stereocenters. The van der Waals surface area contributed by atoms with Crippen molar-refractivity contribution in [2.45, 2.75) is 4.90 Å². The van der Waals surface area contributed by atoms with Gasteiger partial charge in [0.1, 0.15) is 11.6 Å². The minimum Gasteiger partial charge on any atom is -0.484 e. The summed E-state index contributed by atoms with van der Waals surface area (Å²) >= 11 is 7.22. The number of anilines is 1. The topological polar surface area (TPSA) is 38.3 Å². The molecule has 0 bridgehead atoms. The van der Waals surface area contributed by atoms with Gasteiger partial charge in [-0.05, 0) is 36.6 Å². The third-order valence-corrected chi connectivity index (χ3v) is 3.63. The molecular weight excluding hydrogens is 313 g/mol. The van der Waals surface area contributed by atoms with Crippen molar-refractivity contribution in [3.05, 3.63) is 53.3 Å². The van der Waals surface area contributed by atoms with E-state index in [1.807, 2.05) is 24.5 Å². The Labute approximate surface area is 131 Å². The Balaban J connectivity index is 1.90. The van der Waals surface area contributed by atoms with E-state index in [0.29, 0.717) is 11.4 Å². The molecule has 0 aliphatic heterocycles. The van der Waals surface area contributed by atoms with Crippen LogP contribution < -0.4 is 10.1 Å². The molecule has 0 radical (unpaired) electrons. The summed E-state index contributed by atoms with van der Waals surface area (Å²) in [4.78, 5) is 12.8. The third kappa shape index (κ3) is 4.65. The van der Waals surface area contributed by atoms with Gasteiger partial charge in [-0.15, -0.1) is 11.8 Å². The first-order valence-electron chi connectivity index (χ1n) is 6.10. The lowest BCUT2D eigenvalue weighted by Gasteiger charge is -2.08. The van der Waals surface area contributed by atoms with Crippen LogP contribution in [0.3, 0.4) is 0 Å². The van der Waals surface area contributed by atoms with Crippen molar-refractivity contribution in [1.29, 1.82) is 0 Å². The van der Waals surface area contributed by atoms with Gasteiger partial charge in [0.05, 0.1) is 5.02 Å². The van der Waals surface area contributed by atoms with E-state index in [1.165, 1.54) is 18.2 Å². The van der Waals surface area contributed by atoms with Crippen molar-refractivity contribution < 1.29 is 13.9 Å². The van der Waals surface area contributed by atoms with Crippen LogP contribution in [0.5, 0.6) is 5.75 Å². The number of carbonyl (C=O) groups excluding carboxylic acids is 1. The summed E-state index contributed by atoms with van der Waals surface area (Å²) in [5, 5.41) is 2.69. The Morgan fingerprint density at radius 3 is 2.86 bits per heavy atom. The Hall–Kier alpha value is -1.72. The van der Waals surface area contributed by atoms with Crippen molar-refractivity contribution >= 4 is 35.0 Å². The van der Waals surface area contributed by atoms with Gasteiger partial charge in [0.2, 0.25) is 0 Å². The normalized spacial score (nSPS) is 10.2. The molecule has 0 unspecified atom stereocenters. The van der Waals surface area contributed by atoms with E-state index in [1.54, 1.807) is 17.8 Å². The fourth-order valence-corrected chi connectivity index (χ4v) is 2.24. The molecule has 0 saturated carbocycles. The molecule has 1 N–H and O–H groups in total. The van der Waals surface area contributed by atoms with E-state index in [4.69, 9.17) is 16.3 Å². The molecule has 0 spiro atoms. The molecule has 1 amide bonds. The van der Waals surface area contributed by atoms with E-state index in [2.05, 4.69) is 5.32 Å². The van der Waals surface area contributed by atoms with Crippen molar-refractivity contribution in [3.63, 3.8) is 0 Å². The van der Waals surface area contributed by atoms with E-state index in [-0.39, 0.29) is 17.5 Å². The highest BCUT2D eigenvalue weighted by molar-refractivity contribution is 7.98. The number of hydrogen-bond acceptors (Lipinski definition) is 3. The quantitative estimate of drug-likeness (QED) is 0.836. The highest BCUT2D eigenvalue weighted by Crippen LogP contribution is 2.21. The number of halogens is 2. The largest absolute Gasteiger partial charge is 0.484 e. The molecule has 3 nitrogen and oxygen atoms in total. The molecule has 0 saturated heterocycles. The summed E-state index contributed by atoms with van der Waals surface area (Å²) in [5.74, 6) is -0.481. The minimum absolute atomic E-state index is 0.0411. The highest BCUT2D eigenvalue weighted by atomic mass is 35.5. The fourth-order valence-electron chi connectivity index (χ4n) is 1.61. The van der Waals surface area contributed by atoms with E-state index in [0.717, 1.165) is 4.90 Å². The molecule has 0 aliphatic carbocycles. The van der Waals surface area contributed by atoms with Crippen LogP contribution in [0.25, 0.3) is 0 Å². The Morgan fingerprint density at radius 2 is 2.14 bits per heavy atom. The summed E-state index contributed by atoms with van der Waals surface area (Å²) in [6.45, 7) is -0.175. The summed E-state index contributed by atoms with van der Waals surface area (Å²) in [6, 6.07) is 11.4. The van der Waals surface area contributed by atoms with Gasteiger partial charge in [-0.25, -0.2) is 4.39 Å². The lowest BCUT2D eigenvalue weighted by atomic mass is 10.3. The number of benzene rings is 2. The lowest BCUT2D eigenvalue weighted by Crippen LogP contribution is -2.20. The van der Waals surface area contributed by atoms with E-state index < -0.39 is 5.82 Å². The Morgan fingerprint density at radius 1 is 1.33 bits per heavy atom. The number of hydrogen-bond donors (Lipinski definition) is 1. The Kier molecular flexibility index (Phi) is 5.47. The van der Waals surface area contributed by atoms with Gasteiger partial charge in [-0.1, -0.05) is 17.7 Å². The van der Waals surface area contributed by atoms with Gasteiger partial charge in [-0.3, -0.25) is 4.79 Å². The number of rotatable bonds is 5. The average molecular weight is 326 g/mol. The summed E-state index contributed by atoms with van der Waals surface area (Å²) in [6.07, 6.45) is 1.96. The highest BCUT2D eigenvalue weighted by Gasteiger charge is 2.06. The van der Waals surface area contributed by atoms with Crippen molar-refractivity contribution in [3.8, 4) is 5.75 Å². The molecule has 2 aromatic rings. The fraction of sp³-hybridized carbons (Fsp3) is 0.133. The molecule has 0 heterocycles. The number of carbonyl (C=O) groups is 1. The second kappa shape index (κ2) is 7.33. The predicted molar refractivity (Wildman–Crippen MR) is 83.8 cm³/mol. The summed E-state index contributed by atoms with van der Waals surface area (Å²) < 4.78 is 18.3. The number of amides is 1.